The van der Waals surface area contributed by atoms with Gasteiger partial charge in [0.2, 0.25) is 12.7 Å². The van der Waals surface area contributed by atoms with Crippen molar-refractivity contribution in [2.75, 3.05) is 19.9 Å². The number of carbonyl (C=O) groups excluding carboxylic acids is 3. The van der Waals surface area contributed by atoms with Crippen molar-refractivity contribution in [2.24, 2.45) is 0 Å². The minimum Gasteiger partial charge on any atom is -0.454 e. The van der Waals surface area contributed by atoms with Crippen molar-refractivity contribution in [3.8, 4) is 11.5 Å². The number of fused-ring (bicyclic) bond motifs is 1. The smallest absolute Gasteiger partial charge is 0.325 e. The quantitative estimate of drug-likeness (QED) is 0.794. The fourth-order valence-electron chi connectivity index (χ4n) is 4.16. The van der Waals surface area contributed by atoms with E-state index in [-0.39, 0.29) is 31.2 Å². The summed E-state index contributed by atoms with van der Waals surface area (Å²) in [7, 11) is 0. The highest BCUT2D eigenvalue weighted by atomic mass is 16.7. The van der Waals surface area contributed by atoms with Crippen molar-refractivity contribution < 1.29 is 23.9 Å². The molecule has 0 aliphatic carbocycles. The van der Waals surface area contributed by atoms with Gasteiger partial charge in [0.1, 0.15) is 12.1 Å². The second-order valence-corrected chi connectivity index (χ2v) is 7.95. The first-order chi connectivity index (χ1) is 13.4. The number of likely N-dealkylation sites (tertiary alicyclic amines) is 1. The topological polar surface area (TPSA) is 88.2 Å². The van der Waals surface area contributed by atoms with E-state index in [0.29, 0.717) is 24.5 Å². The first-order valence-electron chi connectivity index (χ1n) is 9.69. The Labute approximate surface area is 163 Å². The van der Waals surface area contributed by atoms with Crippen molar-refractivity contribution in [2.45, 2.75) is 51.1 Å². The van der Waals surface area contributed by atoms with Crippen LogP contribution in [0.15, 0.2) is 18.2 Å². The minimum atomic E-state index is -1.10. The number of piperidine rings is 1. The predicted octanol–water partition coefficient (Wildman–Crippen LogP) is 1.67. The van der Waals surface area contributed by atoms with Gasteiger partial charge in [-0.3, -0.25) is 14.5 Å². The minimum absolute atomic E-state index is 0.141. The SMILES string of the molecule is C[C@@H]1CCCCN1C(=O)CN1C(=O)N[C@](C)(Cc2ccc3c(c2)OCO3)C1=O. The summed E-state index contributed by atoms with van der Waals surface area (Å²) in [5.74, 6) is 0.735. The van der Waals surface area contributed by atoms with Crippen LogP contribution in [0.25, 0.3) is 0 Å². The molecular formula is C20H25N3O5. The molecule has 0 radical (unpaired) electrons. The Morgan fingerprint density at radius 1 is 1.25 bits per heavy atom. The molecule has 1 aromatic carbocycles. The number of benzene rings is 1. The number of imide groups is 1. The average Bonchev–Trinajstić information content (AvgIpc) is 3.20. The number of urea groups is 1. The van der Waals surface area contributed by atoms with Crippen molar-refractivity contribution in [1.29, 1.82) is 0 Å². The zero-order chi connectivity index (χ0) is 19.9. The highest BCUT2D eigenvalue weighted by Gasteiger charge is 2.48. The zero-order valence-corrected chi connectivity index (χ0v) is 16.2. The van der Waals surface area contributed by atoms with Gasteiger partial charge in [-0.25, -0.2) is 4.79 Å². The molecule has 3 heterocycles. The first-order valence-corrected chi connectivity index (χ1v) is 9.69. The van der Waals surface area contributed by atoms with Gasteiger partial charge in [0, 0.05) is 19.0 Å². The fraction of sp³-hybridized carbons (Fsp3) is 0.550. The highest BCUT2D eigenvalue weighted by Crippen LogP contribution is 2.34. The highest BCUT2D eigenvalue weighted by molar-refractivity contribution is 6.09. The van der Waals surface area contributed by atoms with Crippen molar-refractivity contribution in [3.05, 3.63) is 23.8 Å². The number of carbonyl (C=O) groups is 3. The van der Waals surface area contributed by atoms with Crippen molar-refractivity contribution >= 4 is 17.8 Å². The van der Waals surface area contributed by atoms with Crippen LogP contribution in [0, 0.1) is 0 Å². The van der Waals surface area contributed by atoms with E-state index >= 15 is 0 Å². The van der Waals surface area contributed by atoms with Crippen molar-refractivity contribution in [1.82, 2.24) is 15.1 Å². The number of nitrogens with zero attached hydrogens (tertiary/aromatic N) is 2. The van der Waals surface area contributed by atoms with Gasteiger partial charge in [-0.05, 0) is 50.8 Å². The molecule has 150 valence electrons. The molecule has 1 N–H and O–H groups in total. The molecular weight excluding hydrogens is 362 g/mol. The van der Waals surface area contributed by atoms with E-state index in [1.807, 2.05) is 19.1 Å². The van der Waals surface area contributed by atoms with E-state index in [1.165, 1.54) is 0 Å². The molecule has 3 aliphatic heterocycles. The lowest BCUT2D eigenvalue weighted by molar-refractivity contribution is -0.140. The number of ether oxygens (including phenoxy) is 2. The third kappa shape index (κ3) is 3.27. The summed E-state index contributed by atoms with van der Waals surface area (Å²) in [5, 5.41) is 2.76. The molecule has 8 heteroatoms. The van der Waals surface area contributed by atoms with Gasteiger partial charge in [-0.2, -0.15) is 0 Å². The maximum Gasteiger partial charge on any atom is 0.325 e. The molecule has 2 saturated heterocycles. The lowest BCUT2D eigenvalue weighted by Gasteiger charge is -2.34. The van der Waals surface area contributed by atoms with Gasteiger partial charge in [0.15, 0.2) is 11.5 Å². The van der Waals surface area contributed by atoms with Crippen LogP contribution in [0.2, 0.25) is 0 Å². The molecule has 1 aromatic rings. The molecule has 3 aliphatic rings. The molecule has 8 nitrogen and oxygen atoms in total. The maximum absolute atomic E-state index is 13.0. The molecule has 2 fully saturated rings. The number of hydrogen-bond donors (Lipinski definition) is 1. The number of hydrogen-bond acceptors (Lipinski definition) is 5. The van der Waals surface area contributed by atoms with Gasteiger partial charge in [-0.1, -0.05) is 6.07 Å². The van der Waals surface area contributed by atoms with E-state index < -0.39 is 11.6 Å². The Kier molecular flexibility index (Phi) is 4.64. The number of nitrogens with one attached hydrogen (secondary N) is 1. The number of rotatable bonds is 4. The van der Waals surface area contributed by atoms with Gasteiger partial charge in [-0.15, -0.1) is 0 Å². The monoisotopic (exact) mass is 387 g/mol. The fourth-order valence-corrected chi connectivity index (χ4v) is 4.16. The molecule has 28 heavy (non-hydrogen) atoms. The Hall–Kier alpha value is -2.77. The largest absolute Gasteiger partial charge is 0.454 e. The maximum atomic E-state index is 13.0. The summed E-state index contributed by atoms with van der Waals surface area (Å²) in [6.07, 6.45) is 3.31. The third-order valence-corrected chi connectivity index (χ3v) is 5.76. The molecule has 0 saturated carbocycles. The molecule has 0 bridgehead atoms. The Morgan fingerprint density at radius 3 is 2.82 bits per heavy atom. The standard InChI is InChI=1S/C20H25N3O5/c1-13-5-3-4-8-22(13)17(24)11-23-18(25)20(2,21-19(23)26)10-14-6-7-15-16(9-14)28-12-27-15/h6-7,9,13H,3-5,8,10-12H2,1-2H3,(H,21,26)/t13-,20-/m1/s1. The summed E-state index contributed by atoms with van der Waals surface area (Å²) in [6.45, 7) is 4.33. The second kappa shape index (κ2) is 7.00. The van der Waals surface area contributed by atoms with Crippen LogP contribution >= 0.6 is 0 Å². The summed E-state index contributed by atoms with van der Waals surface area (Å²) >= 11 is 0. The molecule has 4 rings (SSSR count). The lowest BCUT2D eigenvalue weighted by Crippen LogP contribution is -2.49. The Balaban J connectivity index is 1.46. The van der Waals surface area contributed by atoms with Crippen LogP contribution in [-0.2, 0) is 16.0 Å². The van der Waals surface area contributed by atoms with E-state index in [2.05, 4.69) is 5.32 Å². The third-order valence-electron chi connectivity index (χ3n) is 5.76. The van der Waals surface area contributed by atoms with Crippen LogP contribution in [0.5, 0.6) is 11.5 Å². The second-order valence-electron chi connectivity index (χ2n) is 7.95. The number of amides is 4. The summed E-state index contributed by atoms with van der Waals surface area (Å²) in [5.41, 5.74) is -0.253. The Morgan fingerprint density at radius 2 is 2.04 bits per heavy atom. The van der Waals surface area contributed by atoms with Gasteiger partial charge < -0.3 is 19.7 Å². The van der Waals surface area contributed by atoms with Crippen LogP contribution in [0.3, 0.4) is 0 Å². The van der Waals surface area contributed by atoms with Gasteiger partial charge >= 0.3 is 6.03 Å². The van der Waals surface area contributed by atoms with E-state index in [4.69, 9.17) is 9.47 Å². The predicted molar refractivity (Wildman–Crippen MR) is 99.9 cm³/mol. The first kappa shape index (κ1) is 18.6. The van der Waals surface area contributed by atoms with E-state index in [0.717, 1.165) is 29.7 Å². The van der Waals surface area contributed by atoms with Crippen molar-refractivity contribution in [3.63, 3.8) is 0 Å². The molecule has 0 aromatic heterocycles. The average molecular weight is 387 g/mol. The lowest BCUT2D eigenvalue weighted by atomic mass is 9.92. The van der Waals surface area contributed by atoms with Crippen LogP contribution in [0.4, 0.5) is 4.79 Å². The summed E-state index contributed by atoms with van der Waals surface area (Å²) in [4.78, 5) is 40.9. The molecule has 4 amide bonds. The normalized spacial score (nSPS) is 26.6. The Bertz CT molecular complexity index is 826. The van der Waals surface area contributed by atoms with Gasteiger partial charge in [0.05, 0.1) is 0 Å². The molecule has 0 unspecified atom stereocenters. The van der Waals surface area contributed by atoms with E-state index in [9.17, 15) is 14.4 Å². The molecule has 0 spiro atoms. The summed E-state index contributed by atoms with van der Waals surface area (Å²) < 4.78 is 10.7. The van der Waals surface area contributed by atoms with E-state index in [1.54, 1.807) is 17.9 Å². The van der Waals surface area contributed by atoms with Gasteiger partial charge in [0.25, 0.3) is 5.91 Å². The van der Waals surface area contributed by atoms with Crippen LogP contribution < -0.4 is 14.8 Å². The van der Waals surface area contributed by atoms with Crippen LogP contribution in [0.1, 0.15) is 38.7 Å². The molecule has 2 atom stereocenters. The zero-order valence-electron chi connectivity index (χ0n) is 16.2. The van der Waals surface area contributed by atoms with Crippen LogP contribution in [-0.4, -0.2) is 59.1 Å². The summed E-state index contributed by atoms with van der Waals surface area (Å²) in [6, 6.07) is 5.08.